The summed E-state index contributed by atoms with van der Waals surface area (Å²) < 4.78 is 13.8. The van der Waals surface area contributed by atoms with E-state index in [1.54, 1.807) is 0 Å². The highest BCUT2D eigenvalue weighted by Crippen LogP contribution is 2.23. The van der Waals surface area contributed by atoms with Gasteiger partial charge in [0.25, 0.3) is 0 Å². The van der Waals surface area contributed by atoms with Crippen LogP contribution in [0, 0.1) is 5.82 Å². The third-order valence-electron chi connectivity index (χ3n) is 2.69. The van der Waals surface area contributed by atoms with Gasteiger partial charge in [0.2, 0.25) is 0 Å². The number of benzene rings is 1. The first-order valence-electron chi connectivity index (χ1n) is 5.59. The lowest BCUT2D eigenvalue weighted by Crippen LogP contribution is -2.01. The fourth-order valence-electron chi connectivity index (χ4n) is 1.74. The summed E-state index contributed by atoms with van der Waals surface area (Å²) >= 11 is 0. The highest BCUT2D eigenvalue weighted by Gasteiger charge is 2.11. The summed E-state index contributed by atoms with van der Waals surface area (Å²) in [6.45, 7) is 0. The molecule has 20 heavy (non-hydrogen) atoms. The van der Waals surface area contributed by atoms with Gasteiger partial charge in [-0.2, -0.15) is 0 Å². The number of fused-ring (bicyclic) bond motifs is 1. The molecule has 3 rings (SSSR count). The lowest BCUT2D eigenvalue weighted by Gasteiger charge is -2.07. The number of rotatable bonds is 3. The van der Waals surface area contributed by atoms with Crippen molar-refractivity contribution in [2.75, 3.05) is 5.32 Å². The van der Waals surface area contributed by atoms with Crippen LogP contribution in [0.3, 0.4) is 0 Å². The minimum atomic E-state index is -1.19. The summed E-state index contributed by atoms with van der Waals surface area (Å²) in [6, 6.07) is 3.58. The topological polar surface area (TPSA) is 104 Å². The molecule has 0 bridgehead atoms. The Bertz CT molecular complexity index is 801. The van der Waals surface area contributed by atoms with Crippen LogP contribution in [0.15, 0.2) is 30.9 Å². The summed E-state index contributed by atoms with van der Waals surface area (Å²) in [5.74, 6) is -1.51. The zero-order valence-electron chi connectivity index (χ0n) is 9.96. The van der Waals surface area contributed by atoms with Crippen molar-refractivity contribution >= 4 is 28.6 Å². The van der Waals surface area contributed by atoms with E-state index < -0.39 is 11.8 Å². The van der Waals surface area contributed by atoms with Gasteiger partial charge < -0.3 is 15.4 Å². The Hall–Kier alpha value is -3.03. The molecule has 0 fully saturated rings. The molecule has 0 radical (unpaired) electrons. The molecule has 0 aliphatic heterocycles. The van der Waals surface area contributed by atoms with Crippen LogP contribution in [-0.4, -0.2) is 31.0 Å². The average molecular weight is 273 g/mol. The van der Waals surface area contributed by atoms with Crippen LogP contribution in [0.4, 0.5) is 15.9 Å². The predicted molar refractivity (Wildman–Crippen MR) is 68.3 cm³/mol. The number of nitrogens with zero attached hydrogens (tertiary/aromatic N) is 3. The van der Waals surface area contributed by atoms with Gasteiger partial charge in [0, 0.05) is 0 Å². The Morgan fingerprint density at radius 1 is 1.30 bits per heavy atom. The minimum Gasteiger partial charge on any atom is -0.478 e. The zero-order valence-corrected chi connectivity index (χ0v) is 9.96. The van der Waals surface area contributed by atoms with Crippen molar-refractivity contribution in [2.45, 2.75) is 0 Å². The second-order valence-electron chi connectivity index (χ2n) is 3.95. The van der Waals surface area contributed by atoms with Crippen LogP contribution in [0.5, 0.6) is 0 Å². The van der Waals surface area contributed by atoms with Gasteiger partial charge in [-0.05, 0) is 18.2 Å². The highest BCUT2D eigenvalue weighted by atomic mass is 19.1. The van der Waals surface area contributed by atoms with Crippen molar-refractivity contribution in [1.29, 1.82) is 0 Å². The molecule has 0 unspecified atom stereocenters. The molecule has 3 N–H and O–H groups in total. The Balaban J connectivity index is 1.99. The summed E-state index contributed by atoms with van der Waals surface area (Å²) in [7, 11) is 0. The van der Waals surface area contributed by atoms with E-state index in [4.69, 9.17) is 5.11 Å². The average Bonchev–Trinajstić information content (AvgIpc) is 2.90. The third-order valence-corrected chi connectivity index (χ3v) is 2.69. The number of carboxylic acids is 1. The summed E-state index contributed by atoms with van der Waals surface area (Å²) in [6.07, 6.45) is 2.75. The Morgan fingerprint density at radius 3 is 2.90 bits per heavy atom. The molecule has 7 nitrogen and oxygen atoms in total. The van der Waals surface area contributed by atoms with E-state index in [1.807, 2.05) is 0 Å². The fourth-order valence-corrected chi connectivity index (χ4v) is 1.74. The number of carboxylic acid groups (broad SMARTS) is 1. The standard InChI is InChI=1S/C12H8FN5O2/c13-7-3-6(12(19)20)1-2-8(7)18-11-9-10(15-4-14-9)16-5-17-11/h1-5H,(H,19,20)(H2,14,15,16,17,18). The van der Waals surface area contributed by atoms with Crippen LogP contribution in [-0.2, 0) is 0 Å². The molecule has 0 aliphatic rings. The number of imidazole rings is 1. The second-order valence-corrected chi connectivity index (χ2v) is 3.95. The number of H-pyrrole nitrogens is 1. The van der Waals surface area contributed by atoms with Gasteiger partial charge in [0.05, 0.1) is 17.6 Å². The molecule has 0 atom stereocenters. The molecular formula is C12H8FN5O2. The summed E-state index contributed by atoms with van der Waals surface area (Å²) in [5, 5.41) is 11.6. The smallest absolute Gasteiger partial charge is 0.335 e. The lowest BCUT2D eigenvalue weighted by molar-refractivity contribution is 0.0696. The van der Waals surface area contributed by atoms with Crippen LogP contribution >= 0.6 is 0 Å². The molecule has 2 heterocycles. The van der Waals surface area contributed by atoms with Gasteiger partial charge >= 0.3 is 5.97 Å². The first kappa shape index (κ1) is 12.0. The van der Waals surface area contributed by atoms with Crippen molar-refractivity contribution in [3.8, 4) is 0 Å². The number of aromatic amines is 1. The summed E-state index contributed by atoms with van der Waals surface area (Å²) in [5.41, 5.74) is 0.978. The van der Waals surface area contributed by atoms with E-state index in [2.05, 4.69) is 25.3 Å². The number of hydrogen-bond acceptors (Lipinski definition) is 5. The van der Waals surface area contributed by atoms with E-state index in [1.165, 1.54) is 24.8 Å². The van der Waals surface area contributed by atoms with E-state index in [0.29, 0.717) is 17.0 Å². The minimum absolute atomic E-state index is 0.115. The van der Waals surface area contributed by atoms with Crippen molar-refractivity contribution in [1.82, 2.24) is 19.9 Å². The maximum atomic E-state index is 13.8. The predicted octanol–water partition coefficient (Wildman–Crippen LogP) is 1.93. The molecule has 0 aliphatic carbocycles. The number of hydrogen-bond donors (Lipinski definition) is 3. The number of aromatic nitrogens is 4. The van der Waals surface area contributed by atoms with Gasteiger partial charge in [-0.1, -0.05) is 0 Å². The Labute approximate surface area is 111 Å². The monoisotopic (exact) mass is 273 g/mol. The second kappa shape index (κ2) is 4.57. The fraction of sp³-hybridized carbons (Fsp3) is 0. The molecule has 0 spiro atoms. The van der Waals surface area contributed by atoms with Crippen LogP contribution in [0.1, 0.15) is 10.4 Å². The molecule has 3 aromatic rings. The van der Waals surface area contributed by atoms with Crippen LogP contribution in [0.2, 0.25) is 0 Å². The van der Waals surface area contributed by atoms with Crippen molar-refractivity contribution in [3.05, 3.63) is 42.2 Å². The number of nitrogens with one attached hydrogen (secondary N) is 2. The molecule has 1 aromatic carbocycles. The zero-order chi connectivity index (χ0) is 14.1. The van der Waals surface area contributed by atoms with Crippen molar-refractivity contribution < 1.29 is 14.3 Å². The van der Waals surface area contributed by atoms with Gasteiger partial charge in [-0.15, -0.1) is 0 Å². The van der Waals surface area contributed by atoms with Gasteiger partial charge in [0.15, 0.2) is 11.5 Å². The molecule has 100 valence electrons. The molecular weight excluding hydrogens is 265 g/mol. The highest BCUT2D eigenvalue weighted by molar-refractivity contribution is 5.89. The normalized spacial score (nSPS) is 10.7. The maximum absolute atomic E-state index is 13.8. The lowest BCUT2D eigenvalue weighted by atomic mass is 10.2. The van der Waals surface area contributed by atoms with Crippen LogP contribution in [0.25, 0.3) is 11.2 Å². The first-order chi connectivity index (χ1) is 9.65. The van der Waals surface area contributed by atoms with Gasteiger partial charge in [-0.3, -0.25) is 0 Å². The van der Waals surface area contributed by atoms with E-state index >= 15 is 0 Å². The molecule has 0 saturated carbocycles. The van der Waals surface area contributed by atoms with Gasteiger partial charge in [-0.25, -0.2) is 24.1 Å². The van der Waals surface area contributed by atoms with Gasteiger partial charge in [0.1, 0.15) is 17.7 Å². The van der Waals surface area contributed by atoms with E-state index in [-0.39, 0.29) is 11.3 Å². The maximum Gasteiger partial charge on any atom is 0.335 e. The van der Waals surface area contributed by atoms with Crippen molar-refractivity contribution in [2.24, 2.45) is 0 Å². The first-order valence-corrected chi connectivity index (χ1v) is 5.59. The Kier molecular flexibility index (Phi) is 2.75. The molecule has 8 heteroatoms. The molecule has 0 amide bonds. The largest absolute Gasteiger partial charge is 0.478 e. The number of carbonyl (C=O) groups is 1. The Morgan fingerprint density at radius 2 is 2.15 bits per heavy atom. The number of halogens is 1. The third kappa shape index (κ3) is 2.03. The quantitative estimate of drug-likeness (QED) is 0.673. The molecule has 0 saturated heterocycles. The number of aromatic carboxylic acids is 1. The number of anilines is 2. The summed E-state index contributed by atoms with van der Waals surface area (Å²) in [4.78, 5) is 25.5. The van der Waals surface area contributed by atoms with E-state index in [9.17, 15) is 9.18 Å². The van der Waals surface area contributed by atoms with Crippen molar-refractivity contribution in [3.63, 3.8) is 0 Å². The SMILES string of the molecule is O=C(O)c1ccc(Nc2ncnc3nc[nH]c23)c(F)c1. The molecule has 2 aromatic heterocycles. The van der Waals surface area contributed by atoms with E-state index in [0.717, 1.165) is 6.07 Å². The van der Waals surface area contributed by atoms with Crippen LogP contribution < -0.4 is 5.32 Å².